The zero-order valence-electron chi connectivity index (χ0n) is 16.2. The number of unbranched alkanes of at least 4 members (excludes halogenated alkanes) is 5. The molecular formula is C21H31N3O2. The number of fused-ring (bicyclic) bond motifs is 3. The summed E-state index contributed by atoms with van der Waals surface area (Å²) < 4.78 is 9.32. The van der Waals surface area contributed by atoms with E-state index in [9.17, 15) is 4.79 Å². The third kappa shape index (κ3) is 4.19. The molecule has 2 aromatic rings. The quantitative estimate of drug-likeness (QED) is 0.596. The summed E-state index contributed by atoms with van der Waals surface area (Å²) in [7, 11) is 0. The van der Waals surface area contributed by atoms with E-state index in [1.165, 1.54) is 31.2 Å². The standard InChI is InChI=1S/C21H31N3O2/c1-3-5-7-8-9-15-26-18-11-12-19-17(16-18)10-13-20-22-23(14-6-4-2)21(25)24(19)20/h11-12,16H,3-10,13-15H2,1-2H3. The van der Waals surface area contributed by atoms with Gasteiger partial charge in [-0.05, 0) is 43.0 Å². The van der Waals surface area contributed by atoms with Crippen molar-refractivity contribution in [3.63, 3.8) is 0 Å². The Morgan fingerprint density at radius 1 is 1.04 bits per heavy atom. The molecule has 0 saturated heterocycles. The van der Waals surface area contributed by atoms with Gasteiger partial charge in [0.2, 0.25) is 0 Å². The molecule has 0 aliphatic carbocycles. The Morgan fingerprint density at radius 3 is 2.65 bits per heavy atom. The van der Waals surface area contributed by atoms with Gasteiger partial charge in [0.25, 0.3) is 0 Å². The van der Waals surface area contributed by atoms with Crippen molar-refractivity contribution in [2.45, 2.75) is 78.2 Å². The molecule has 1 aliphatic heterocycles. The predicted octanol–water partition coefficient (Wildman–Crippen LogP) is 4.28. The Hall–Kier alpha value is -2.04. The summed E-state index contributed by atoms with van der Waals surface area (Å²) in [4.78, 5) is 12.7. The molecular weight excluding hydrogens is 326 g/mol. The molecule has 142 valence electrons. The molecule has 0 radical (unpaired) electrons. The van der Waals surface area contributed by atoms with Gasteiger partial charge >= 0.3 is 5.69 Å². The normalized spacial score (nSPS) is 12.7. The van der Waals surface area contributed by atoms with Crippen LogP contribution in [0.3, 0.4) is 0 Å². The lowest BCUT2D eigenvalue weighted by atomic mass is 10.0. The van der Waals surface area contributed by atoms with Crippen LogP contribution in [0.5, 0.6) is 5.75 Å². The molecule has 0 amide bonds. The first kappa shape index (κ1) is 18.7. The first-order chi connectivity index (χ1) is 12.7. The van der Waals surface area contributed by atoms with Gasteiger partial charge in [-0.3, -0.25) is 0 Å². The maximum absolute atomic E-state index is 12.7. The largest absolute Gasteiger partial charge is 0.494 e. The zero-order chi connectivity index (χ0) is 18.4. The molecule has 2 heterocycles. The third-order valence-electron chi connectivity index (χ3n) is 5.06. The molecule has 0 saturated carbocycles. The highest BCUT2D eigenvalue weighted by Crippen LogP contribution is 2.26. The fourth-order valence-electron chi connectivity index (χ4n) is 3.52. The van der Waals surface area contributed by atoms with Gasteiger partial charge in [0, 0.05) is 13.0 Å². The van der Waals surface area contributed by atoms with Gasteiger partial charge < -0.3 is 4.74 Å². The van der Waals surface area contributed by atoms with E-state index in [1.54, 1.807) is 9.25 Å². The Balaban J connectivity index is 1.68. The highest BCUT2D eigenvalue weighted by Gasteiger charge is 2.22. The molecule has 3 rings (SSSR count). The van der Waals surface area contributed by atoms with Crippen molar-refractivity contribution in [1.82, 2.24) is 14.3 Å². The fourth-order valence-corrected chi connectivity index (χ4v) is 3.52. The Bertz CT molecular complexity index is 776. The van der Waals surface area contributed by atoms with E-state index in [2.05, 4.69) is 25.0 Å². The van der Waals surface area contributed by atoms with Gasteiger partial charge in [-0.15, -0.1) is 0 Å². The van der Waals surface area contributed by atoms with Gasteiger partial charge in [0.1, 0.15) is 11.6 Å². The van der Waals surface area contributed by atoms with E-state index in [4.69, 9.17) is 4.74 Å². The van der Waals surface area contributed by atoms with Gasteiger partial charge in [-0.1, -0.05) is 46.0 Å². The molecule has 0 spiro atoms. The molecule has 5 nitrogen and oxygen atoms in total. The Labute approximate surface area is 156 Å². The predicted molar refractivity (Wildman–Crippen MR) is 104 cm³/mol. The van der Waals surface area contributed by atoms with Crippen LogP contribution in [0, 0.1) is 0 Å². The van der Waals surface area contributed by atoms with Crippen molar-refractivity contribution >= 4 is 0 Å². The van der Waals surface area contributed by atoms with Gasteiger partial charge in [-0.25, -0.2) is 14.0 Å². The minimum Gasteiger partial charge on any atom is -0.494 e. The molecule has 0 bridgehead atoms. The highest BCUT2D eigenvalue weighted by molar-refractivity contribution is 5.48. The van der Waals surface area contributed by atoms with E-state index in [0.717, 1.165) is 56.0 Å². The van der Waals surface area contributed by atoms with E-state index in [1.807, 2.05) is 12.1 Å². The van der Waals surface area contributed by atoms with Crippen molar-refractivity contribution < 1.29 is 4.74 Å². The first-order valence-corrected chi connectivity index (χ1v) is 10.2. The lowest BCUT2D eigenvalue weighted by molar-refractivity contribution is 0.304. The summed E-state index contributed by atoms with van der Waals surface area (Å²) in [6.45, 7) is 5.82. The summed E-state index contributed by atoms with van der Waals surface area (Å²) >= 11 is 0. The van der Waals surface area contributed by atoms with Gasteiger partial charge in [0.15, 0.2) is 0 Å². The minimum absolute atomic E-state index is 0.0148. The van der Waals surface area contributed by atoms with Crippen molar-refractivity contribution in [2.24, 2.45) is 0 Å². The van der Waals surface area contributed by atoms with Crippen LogP contribution in [0.1, 0.15) is 70.2 Å². The van der Waals surface area contributed by atoms with Gasteiger partial charge in [0.05, 0.1) is 12.3 Å². The highest BCUT2D eigenvalue weighted by atomic mass is 16.5. The number of hydrogen-bond acceptors (Lipinski definition) is 3. The number of hydrogen-bond donors (Lipinski definition) is 0. The fraction of sp³-hybridized carbons (Fsp3) is 0.619. The minimum atomic E-state index is -0.0148. The lowest BCUT2D eigenvalue weighted by Crippen LogP contribution is -2.26. The topological polar surface area (TPSA) is 49.1 Å². The second-order valence-corrected chi connectivity index (χ2v) is 7.16. The average Bonchev–Trinajstić information content (AvgIpc) is 2.99. The monoisotopic (exact) mass is 357 g/mol. The molecule has 5 heteroatoms. The first-order valence-electron chi connectivity index (χ1n) is 10.2. The summed E-state index contributed by atoms with van der Waals surface area (Å²) in [5.74, 6) is 1.79. The smallest absolute Gasteiger partial charge is 0.350 e. The van der Waals surface area contributed by atoms with Crippen LogP contribution in [-0.2, 0) is 19.4 Å². The second kappa shape index (κ2) is 9.06. The zero-order valence-corrected chi connectivity index (χ0v) is 16.2. The molecule has 0 atom stereocenters. The molecule has 26 heavy (non-hydrogen) atoms. The van der Waals surface area contributed by atoms with Crippen molar-refractivity contribution in [2.75, 3.05) is 6.61 Å². The SMILES string of the molecule is CCCCCCCOc1ccc2c(c1)CCc1nn(CCCC)c(=O)n1-2. The molecule has 0 unspecified atom stereocenters. The van der Waals surface area contributed by atoms with Crippen LogP contribution >= 0.6 is 0 Å². The molecule has 1 aromatic heterocycles. The van der Waals surface area contributed by atoms with Crippen LogP contribution in [0.25, 0.3) is 5.69 Å². The van der Waals surface area contributed by atoms with Crippen LogP contribution in [0.15, 0.2) is 23.0 Å². The molecule has 1 aliphatic rings. The van der Waals surface area contributed by atoms with Crippen LogP contribution < -0.4 is 10.4 Å². The molecule has 1 aromatic carbocycles. The van der Waals surface area contributed by atoms with E-state index in [-0.39, 0.29) is 5.69 Å². The maximum atomic E-state index is 12.7. The van der Waals surface area contributed by atoms with E-state index >= 15 is 0 Å². The maximum Gasteiger partial charge on any atom is 0.350 e. The molecule has 0 N–H and O–H groups in total. The lowest BCUT2D eigenvalue weighted by Gasteiger charge is -2.18. The van der Waals surface area contributed by atoms with Crippen molar-refractivity contribution in [1.29, 1.82) is 0 Å². The van der Waals surface area contributed by atoms with Crippen LogP contribution in [0.4, 0.5) is 0 Å². The Morgan fingerprint density at radius 2 is 1.85 bits per heavy atom. The summed E-state index contributed by atoms with van der Waals surface area (Å²) in [6.07, 6.45) is 9.95. The number of rotatable bonds is 10. The van der Waals surface area contributed by atoms with E-state index in [0.29, 0.717) is 6.54 Å². The Kier molecular flexibility index (Phi) is 6.53. The summed E-state index contributed by atoms with van der Waals surface area (Å²) in [5, 5.41) is 4.53. The number of aryl methyl sites for hydroxylation is 3. The van der Waals surface area contributed by atoms with Crippen molar-refractivity contribution in [3.8, 4) is 11.4 Å². The molecule has 0 fully saturated rings. The second-order valence-electron chi connectivity index (χ2n) is 7.16. The van der Waals surface area contributed by atoms with Crippen molar-refractivity contribution in [3.05, 3.63) is 40.1 Å². The van der Waals surface area contributed by atoms with E-state index < -0.39 is 0 Å². The van der Waals surface area contributed by atoms with Crippen LogP contribution in [0.2, 0.25) is 0 Å². The average molecular weight is 357 g/mol. The number of aromatic nitrogens is 3. The van der Waals surface area contributed by atoms with Gasteiger partial charge in [-0.2, -0.15) is 5.10 Å². The number of ether oxygens (including phenoxy) is 1. The number of benzene rings is 1. The summed E-state index contributed by atoms with van der Waals surface area (Å²) in [6, 6.07) is 6.09. The third-order valence-corrected chi connectivity index (χ3v) is 5.06. The summed E-state index contributed by atoms with van der Waals surface area (Å²) in [5.41, 5.74) is 2.13. The van der Waals surface area contributed by atoms with Crippen LogP contribution in [-0.4, -0.2) is 21.0 Å². The number of nitrogens with zero attached hydrogens (tertiary/aromatic N) is 3.